The number of benzene rings is 1. The van der Waals surface area contributed by atoms with Gasteiger partial charge in [-0.1, -0.05) is 18.2 Å². The molecule has 2 aliphatic heterocycles. The minimum absolute atomic E-state index is 0.124. The van der Waals surface area contributed by atoms with Gasteiger partial charge in [0.05, 0.1) is 30.2 Å². The number of fused-ring (bicyclic) bond motifs is 1. The van der Waals surface area contributed by atoms with Crippen molar-refractivity contribution in [2.24, 2.45) is 13.0 Å². The van der Waals surface area contributed by atoms with Crippen LogP contribution in [0.2, 0.25) is 0 Å². The van der Waals surface area contributed by atoms with Crippen LogP contribution >= 0.6 is 0 Å². The van der Waals surface area contributed by atoms with Crippen LogP contribution in [0, 0.1) is 11.7 Å². The number of anilines is 2. The van der Waals surface area contributed by atoms with Crippen LogP contribution < -0.4 is 15.8 Å². The van der Waals surface area contributed by atoms with Gasteiger partial charge in [-0.25, -0.2) is 23.1 Å². The van der Waals surface area contributed by atoms with Crippen molar-refractivity contribution in [2.45, 2.75) is 51.5 Å². The van der Waals surface area contributed by atoms with E-state index in [0.29, 0.717) is 53.9 Å². The lowest BCUT2D eigenvalue weighted by Crippen LogP contribution is -2.35. The topological polar surface area (TPSA) is 72.3 Å². The molecule has 5 rings (SSSR count). The summed E-state index contributed by atoms with van der Waals surface area (Å²) in [7, 11) is 1.70. The van der Waals surface area contributed by atoms with Gasteiger partial charge in [0, 0.05) is 38.0 Å². The average Bonchev–Trinajstić information content (AvgIpc) is 2.86. The van der Waals surface area contributed by atoms with Crippen LogP contribution in [0.1, 0.15) is 62.0 Å². The molecule has 0 saturated carbocycles. The summed E-state index contributed by atoms with van der Waals surface area (Å²) in [6, 6.07) is 5.18. The maximum absolute atomic E-state index is 14.9. The zero-order chi connectivity index (χ0) is 26.1. The number of alkyl halides is 2. The number of aryl methyl sites for hydroxylation is 2. The minimum atomic E-state index is -2.91. The number of halogens is 3. The van der Waals surface area contributed by atoms with Gasteiger partial charge in [-0.2, -0.15) is 0 Å². The molecule has 1 atom stereocenters. The molecule has 10 heteroatoms. The van der Waals surface area contributed by atoms with Gasteiger partial charge >= 0.3 is 0 Å². The van der Waals surface area contributed by atoms with Crippen molar-refractivity contribution in [1.29, 1.82) is 0 Å². The van der Waals surface area contributed by atoms with E-state index in [1.54, 1.807) is 18.5 Å². The Labute approximate surface area is 213 Å². The summed E-state index contributed by atoms with van der Waals surface area (Å²) in [6.45, 7) is 4.74. The monoisotopic (exact) mass is 515 g/mol. The molecule has 2 fully saturated rings. The van der Waals surface area contributed by atoms with Crippen molar-refractivity contribution in [1.82, 2.24) is 14.5 Å². The Kier molecular flexibility index (Phi) is 7.37. The lowest BCUT2D eigenvalue weighted by atomic mass is 10.0. The molecular formula is C27H32F3N5O2. The van der Waals surface area contributed by atoms with Crippen LogP contribution in [0.4, 0.5) is 24.7 Å². The predicted molar refractivity (Wildman–Crippen MR) is 137 cm³/mol. The molecule has 37 heavy (non-hydrogen) atoms. The molecule has 2 saturated heterocycles. The minimum Gasteiger partial charge on any atom is -0.381 e. The molecular weight excluding hydrogens is 483 g/mol. The highest BCUT2D eigenvalue weighted by atomic mass is 19.3. The molecule has 0 radical (unpaired) electrons. The van der Waals surface area contributed by atoms with Crippen LogP contribution in [0.3, 0.4) is 0 Å². The van der Waals surface area contributed by atoms with Gasteiger partial charge in [0.2, 0.25) is 0 Å². The molecule has 1 aromatic carbocycles. The standard InChI is InChI=1S/C27H32F3N5O2/c1-16(18-7-6-8-19(23(18)28)24(29)30)31-25-20-13-21(35-11-4-3-5-12-35)27(36)34(2)26(20)33-22(32-25)10-9-17-14-37-15-17/h6-8,13,16-17,24H,3-5,9-12,14-15H2,1-2H3,(H,31,32,33)/t16-/m1/s1. The number of aromatic nitrogens is 3. The number of nitrogens with one attached hydrogen (secondary N) is 1. The molecule has 0 unspecified atom stereocenters. The molecule has 3 aromatic rings. The third-order valence-corrected chi connectivity index (χ3v) is 7.39. The summed E-state index contributed by atoms with van der Waals surface area (Å²) in [5.74, 6) is 0.540. The molecule has 0 amide bonds. The fraction of sp³-hybridized carbons (Fsp3) is 0.519. The smallest absolute Gasteiger partial charge is 0.275 e. The molecule has 7 nitrogen and oxygen atoms in total. The van der Waals surface area contributed by atoms with E-state index in [-0.39, 0.29) is 11.1 Å². The first kappa shape index (κ1) is 25.5. The highest BCUT2D eigenvalue weighted by molar-refractivity contribution is 5.89. The first-order valence-corrected chi connectivity index (χ1v) is 12.9. The first-order chi connectivity index (χ1) is 17.8. The highest BCUT2D eigenvalue weighted by Crippen LogP contribution is 2.31. The molecule has 0 aliphatic carbocycles. The predicted octanol–water partition coefficient (Wildman–Crippen LogP) is 5.15. The number of ether oxygens (including phenoxy) is 1. The largest absolute Gasteiger partial charge is 0.381 e. The lowest BCUT2D eigenvalue weighted by Gasteiger charge is -2.29. The van der Waals surface area contributed by atoms with E-state index in [1.165, 1.54) is 12.1 Å². The van der Waals surface area contributed by atoms with Crippen LogP contribution in [0.5, 0.6) is 0 Å². The van der Waals surface area contributed by atoms with Crippen molar-refractivity contribution in [2.75, 3.05) is 36.5 Å². The number of hydrogen-bond acceptors (Lipinski definition) is 6. The van der Waals surface area contributed by atoms with Gasteiger partial charge in [0.15, 0.2) is 0 Å². The second kappa shape index (κ2) is 10.7. The maximum atomic E-state index is 14.9. The van der Waals surface area contributed by atoms with Crippen molar-refractivity contribution < 1.29 is 17.9 Å². The second-order valence-electron chi connectivity index (χ2n) is 10.0. The van der Waals surface area contributed by atoms with Gasteiger partial charge in [-0.15, -0.1) is 0 Å². The fourth-order valence-electron chi connectivity index (χ4n) is 5.08. The Morgan fingerprint density at radius 2 is 1.86 bits per heavy atom. The van der Waals surface area contributed by atoms with Gasteiger partial charge in [-0.3, -0.25) is 9.36 Å². The average molecular weight is 516 g/mol. The van der Waals surface area contributed by atoms with Crippen molar-refractivity contribution in [3.63, 3.8) is 0 Å². The van der Waals surface area contributed by atoms with Crippen LogP contribution in [0.15, 0.2) is 29.1 Å². The number of hydrogen-bond donors (Lipinski definition) is 1. The molecule has 0 bridgehead atoms. The normalized spacial score (nSPS) is 17.3. The summed E-state index contributed by atoms with van der Waals surface area (Å²) < 4.78 is 48.4. The van der Waals surface area contributed by atoms with Gasteiger partial charge in [0.1, 0.15) is 28.8 Å². The highest BCUT2D eigenvalue weighted by Gasteiger charge is 2.24. The van der Waals surface area contributed by atoms with E-state index in [2.05, 4.69) is 10.2 Å². The van der Waals surface area contributed by atoms with E-state index in [0.717, 1.165) is 44.8 Å². The molecule has 1 N–H and O–H groups in total. The fourth-order valence-corrected chi connectivity index (χ4v) is 5.08. The van der Waals surface area contributed by atoms with Crippen molar-refractivity contribution in [3.05, 3.63) is 57.4 Å². The molecule has 2 aromatic heterocycles. The van der Waals surface area contributed by atoms with E-state index in [4.69, 9.17) is 14.7 Å². The Balaban J connectivity index is 1.57. The Morgan fingerprint density at radius 1 is 1.14 bits per heavy atom. The van der Waals surface area contributed by atoms with E-state index in [9.17, 15) is 18.0 Å². The van der Waals surface area contributed by atoms with Gasteiger partial charge < -0.3 is 15.0 Å². The Bertz CT molecular complexity index is 1340. The number of piperidine rings is 1. The Morgan fingerprint density at radius 3 is 2.54 bits per heavy atom. The molecule has 0 spiro atoms. The molecule has 2 aliphatic rings. The van der Waals surface area contributed by atoms with Gasteiger partial charge in [0.25, 0.3) is 12.0 Å². The summed E-state index contributed by atoms with van der Waals surface area (Å²) in [6.07, 6.45) is 1.72. The summed E-state index contributed by atoms with van der Waals surface area (Å²) >= 11 is 0. The molecule has 4 heterocycles. The third kappa shape index (κ3) is 5.16. The number of pyridine rings is 1. The van der Waals surface area contributed by atoms with Gasteiger partial charge in [-0.05, 0) is 38.7 Å². The Hall–Kier alpha value is -3.14. The zero-order valence-electron chi connectivity index (χ0n) is 21.1. The maximum Gasteiger partial charge on any atom is 0.275 e. The SMILES string of the molecule is C[C@@H](Nc1nc(CCC2COC2)nc2c1cc(N1CCCCC1)c(=O)n2C)c1cccc(C(F)F)c1F. The van der Waals surface area contributed by atoms with E-state index < -0.39 is 23.8 Å². The number of rotatable bonds is 8. The summed E-state index contributed by atoms with van der Waals surface area (Å²) in [4.78, 5) is 24.9. The quantitative estimate of drug-likeness (QED) is 0.448. The second-order valence-corrected chi connectivity index (χ2v) is 10.0. The van der Waals surface area contributed by atoms with E-state index >= 15 is 0 Å². The summed E-state index contributed by atoms with van der Waals surface area (Å²) in [5, 5.41) is 3.88. The summed E-state index contributed by atoms with van der Waals surface area (Å²) in [5.41, 5.74) is 0.438. The van der Waals surface area contributed by atoms with E-state index in [1.807, 2.05) is 6.07 Å². The van der Waals surface area contributed by atoms with Crippen LogP contribution in [-0.4, -0.2) is 40.8 Å². The van der Waals surface area contributed by atoms with Crippen molar-refractivity contribution >= 4 is 22.5 Å². The lowest BCUT2D eigenvalue weighted by molar-refractivity contribution is -0.0354. The first-order valence-electron chi connectivity index (χ1n) is 12.9. The van der Waals surface area contributed by atoms with Crippen molar-refractivity contribution in [3.8, 4) is 0 Å². The number of nitrogens with zero attached hydrogens (tertiary/aromatic N) is 4. The third-order valence-electron chi connectivity index (χ3n) is 7.39. The molecule has 198 valence electrons. The van der Waals surface area contributed by atoms with Crippen LogP contribution in [0.25, 0.3) is 11.0 Å². The zero-order valence-corrected chi connectivity index (χ0v) is 21.1. The van der Waals surface area contributed by atoms with Crippen LogP contribution in [-0.2, 0) is 18.2 Å².